The van der Waals surface area contributed by atoms with Crippen molar-refractivity contribution in [2.24, 2.45) is 0 Å². The minimum Gasteiger partial charge on any atom is -0.465 e. The van der Waals surface area contributed by atoms with Gasteiger partial charge in [0.2, 0.25) is 10.0 Å². The Bertz CT molecular complexity index is 950. The minimum atomic E-state index is -3.63. The highest BCUT2D eigenvalue weighted by Gasteiger charge is 2.32. The molecule has 1 aliphatic rings. The van der Waals surface area contributed by atoms with Crippen LogP contribution in [0.1, 0.15) is 21.9 Å². The summed E-state index contributed by atoms with van der Waals surface area (Å²) >= 11 is 9.29. The fourth-order valence-electron chi connectivity index (χ4n) is 2.97. The molecule has 2 aromatic rings. The first-order chi connectivity index (χ1) is 12.2. The van der Waals surface area contributed by atoms with Crippen molar-refractivity contribution < 1.29 is 17.6 Å². The molecule has 2 heterocycles. The third-order valence-corrected chi connectivity index (χ3v) is 7.45. The molecule has 140 valence electrons. The van der Waals surface area contributed by atoms with Crippen LogP contribution in [0, 0.1) is 13.8 Å². The Morgan fingerprint density at radius 3 is 2.35 bits per heavy atom. The van der Waals surface area contributed by atoms with Crippen LogP contribution in [0.2, 0.25) is 5.02 Å². The van der Waals surface area contributed by atoms with Gasteiger partial charge in [-0.3, -0.25) is 4.79 Å². The lowest BCUT2D eigenvalue weighted by Crippen LogP contribution is -2.50. The van der Waals surface area contributed by atoms with Gasteiger partial charge in [0.15, 0.2) is 0 Å². The number of piperazine rings is 1. The molecule has 0 radical (unpaired) electrons. The molecule has 9 heteroatoms. The van der Waals surface area contributed by atoms with Gasteiger partial charge in [-0.15, -0.1) is 0 Å². The molecule has 1 saturated heterocycles. The molecule has 0 atom stereocenters. The number of hydrogen-bond acceptors (Lipinski definition) is 4. The number of carbonyl (C=O) groups is 1. The fraction of sp³-hybridized carbons (Fsp3) is 0.353. The number of aryl methyl sites for hydroxylation is 2. The van der Waals surface area contributed by atoms with Crippen LogP contribution >= 0.6 is 27.5 Å². The second-order valence-corrected chi connectivity index (χ2v) is 9.22. The maximum absolute atomic E-state index is 12.8. The fourth-order valence-corrected chi connectivity index (χ4v) is 5.22. The van der Waals surface area contributed by atoms with E-state index >= 15 is 0 Å². The van der Waals surface area contributed by atoms with Crippen LogP contribution in [-0.2, 0) is 10.0 Å². The van der Waals surface area contributed by atoms with E-state index in [0.717, 1.165) is 0 Å². The van der Waals surface area contributed by atoms with E-state index in [9.17, 15) is 13.2 Å². The van der Waals surface area contributed by atoms with E-state index in [4.69, 9.17) is 16.0 Å². The Kier molecular flexibility index (Phi) is 5.48. The zero-order chi connectivity index (χ0) is 19.1. The van der Waals surface area contributed by atoms with Gasteiger partial charge >= 0.3 is 0 Å². The van der Waals surface area contributed by atoms with Crippen LogP contribution in [0.5, 0.6) is 0 Å². The highest BCUT2D eigenvalue weighted by atomic mass is 79.9. The van der Waals surface area contributed by atoms with Crippen LogP contribution < -0.4 is 0 Å². The molecule has 26 heavy (non-hydrogen) atoms. The van der Waals surface area contributed by atoms with Crippen molar-refractivity contribution >= 4 is 43.5 Å². The average Bonchev–Trinajstić information content (AvgIpc) is 2.86. The average molecular weight is 462 g/mol. The molecule has 6 nitrogen and oxygen atoms in total. The quantitative estimate of drug-likeness (QED) is 0.702. The van der Waals surface area contributed by atoms with E-state index in [-0.39, 0.29) is 23.9 Å². The second kappa shape index (κ2) is 7.34. The summed E-state index contributed by atoms with van der Waals surface area (Å²) in [4.78, 5) is 14.6. The molecule has 1 aromatic heterocycles. The number of hydrogen-bond donors (Lipinski definition) is 0. The van der Waals surface area contributed by atoms with E-state index in [1.165, 1.54) is 16.4 Å². The third-order valence-electron chi connectivity index (χ3n) is 4.36. The highest BCUT2D eigenvalue weighted by Crippen LogP contribution is 2.29. The molecule has 0 bridgehead atoms. The Morgan fingerprint density at radius 1 is 1.15 bits per heavy atom. The number of sulfonamides is 1. The Balaban J connectivity index is 1.74. The summed E-state index contributed by atoms with van der Waals surface area (Å²) in [6.45, 7) is 4.61. The number of amides is 1. The first kappa shape index (κ1) is 19.4. The molecule has 0 N–H and O–H groups in total. The lowest BCUT2D eigenvalue weighted by atomic mass is 10.2. The molecule has 1 aromatic carbocycles. The second-order valence-electron chi connectivity index (χ2n) is 6.06. The molecular formula is C17H18BrClN2O4S. The monoisotopic (exact) mass is 460 g/mol. The summed E-state index contributed by atoms with van der Waals surface area (Å²) in [5, 5.41) is 0.371. The molecule has 1 amide bonds. The van der Waals surface area contributed by atoms with Gasteiger partial charge in [-0.05, 0) is 48.0 Å². The van der Waals surface area contributed by atoms with Crippen molar-refractivity contribution in [1.82, 2.24) is 9.21 Å². The topological polar surface area (TPSA) is 70.8 Å². The van der Waals surface area contributed by atoms with Crippen molar-refractivity contribution in [3.63, 3.8) is 0 Å². The normalized spacial score (nSPS) is 16.1. The molecule has 1 aliphatic heterocycles. The predicted octanol–water partition coefficient (Wildman–Crippen LogP) is 3.46. The number of benzene rings is 1. The molecule has 0 saturated carbocycles. The summed E-state index contributed by atoms with van der Waals surface area (Å²) in [7, 11) is -3.63. The standard InChI is InChI=1S/C17H18BrClN2O4S/c1-11-15(16(18)12(2)25-11)17(22)20-6-8-21(9-7-20)26(23,24)14-5-3-4-13(19)10-14/h3-5,10H,6-9H2,1-2H3. The summed E-state index contributed by atoms with van der Waals surface area (Å²) < 4.78 is 33.0. The molecule has 0 unspecified atom stereocenters. The van der Waals surface area contributed by atoms with Crippen molar-refractivity contribution in [2.45, 2.75) is 18.7 Å². The van der Waals surface area contributed by atoms with E-state index in [2.05, 4.69) is 15.9 Å². The summed E-state index contributed by atoms with van der Waals surface area (Å²) in [6, 6.07) is 6.19. The van der Waals surface area contributed by atoms with Crippen LogP contribution in [0.3, 0.4) is 0 Å². The van der Waals surface area contributed by atoms with Gasteiger partial charge in [0.05, 0.1) is 14.9 Å². The highest BCUT2D eigenvalue weighted by molar-refractivity contribution is 9.10. The van der Waals surface area contributed by atoms with E-state index in [1.807, 2.05) is 0 Å². The zero-order valence-corrected chi connectivity index (χ0v) is 17.5. The van der Waals surface area contributed by atoms with E-state index in [1.54, 1.807) is 30.9 Å². The van der Waals surface area contributed by atoms with Gasteiger partial charge in [-0.25, -0.2) is 8.42 Å². The maximum Gasteiger partial charge on any atom is 0.258 e. The minimum absolute atomic E-state index is 0.161. The van der Waals surface area contributed by atoms with Gasteiger partial charge < -0.3 is 9.32 Å². The number of halogens is 2. The van der Waals surface area contributed by atoms with Gasteiger partial charge in [-0.2, -0.15) is 4.31 Å². The Hall–Kier alpha value is -1.35. The lowest BCUT2D eigenvalue weighted by Gasteiger charge is -2.34. The molecule has 1 fully saturated rings. The number of carbonyl (C=O) groups excluding carboxylic acids is 1. The first-order valence-corrected chi connectivity index (χ1v) is 10.6. The van der Waals surface area contributed by atoms with Crippen LogP contribution in [0.15, 0.2) is 38.1 Å². The van der Waals surface area contributed by atoms with Crippen molar-refractivity contribution in [2.75, 3.05) is 26.2 Å². The van der Waals surface area contributed by atoms with Crippen LogP contribution in [0.4, 0.5) is 0 Å². The third kappa shape index (κ3) is 3.55. The summed E-state index contributed by atoms with van der Waals surface area (Å²) in [6.07, 6.45) is 0. The number of nitrogens with zero attached hydrogens (tertiary/aromatic N) is 2. The largest absolute Gasteiger partial charge is 0.465 e. The summed E-state index contributed by atoms with van der Waals surface area (Å²) in [5.41, 5.74) is 0.494. The van der Waals surface area contributed by atoms with Crippen LogP contribution in [-0.4, -0.2) is 49.7 Å². The van der Waals surface area contributed by atoms with E-state index in [0.29, 0.717) is 39.7 Å². The predicted molar refractivity (Wildman–Crippen MR) is 102 cm³/mol. The molecular weight excluding hydrogens is 444 g/mol. The maximum atomic E-state index is 12.8. The van der Waals surface area contributed by atoms with Crippen LogP contribution in [0.25, 0.3) is 0 Å². The Labute approximate surface area is 165 Å². The van der Waals surface area contributed by atoms with Gasteiger partial charge in [0, 0.05) is 31.2 Å². The number of rotatable bonds is 3. The first-order valence-electron chi connectivity index (χ1n) is 8.02. The molecule has 0 spiro atoms. The van der Waals surface area contributed by atoms with Gasteiger partial charge in [-0.1, -0.05) is 17.7 Å². The van der Waals surface area contributed by atoms with Crippen molar-refractivity contribution in [3.8, 4) is 0 Å². The SMILES string of the molecule is Cc1oc(C)c(C(=O)N2CCN(S(=O)(=O)c3cccc(Cl)c3)CC2)c1Br. The lowest BCUT2D eigenvalue weighted by molar-refractivity contribution is 0.0695. The smallest absolute Gasteiger partial charge is 0.258 e. The van der Waals surface area contributed by atoms with Gasteiger partial charge in [0.25, 0.3) is 5.91 Å². The molecule has 0 aliphatic carbocycles. The zero-order valence-electron chi connectivity index (χ0n) is 14.3. The van der Waals surface area contributed by atoms with Gasteiger partial charge in [0.1, 0.15) is 11.5 Å². The summed E-state index contributed by atoms with van der Waals surface area (Å²) in [5.74, 6) is 1.03. The van der Waals surface area contributed by atoms with Crippen molar-refractivity contribution in [1.29, 1.82) is 0 Å². The molecule has 3 rings (SSSR count). The van der Waals surface area contributed by atoms with Crippen molar-refractivity contribution in [3.05, 3.63) is 50.8 Å². The van der Waals surface area contributed by atoms with E-state index < -0.39 is 10.0 Å². The Morgan fingerprint density at radius 2 is 1.81 bits per heavy atom. The number of furan rings is 1.